The van der Waals surface area contributed by atoms with Gasteiger partial charge in [0.25, 0.3) is 0 Å². The van der Waals surface area contributed by atoms with Gasteiger partial charge in [0.1, 0.15) is 5.69 Å². The topological polar surface area (TPSA) is 55.1 Å². The zero-order chi connectivity index (χ0) is 12.8. The van der Waals surface area contributed by atoms with Gasteiger partial charge in [-0.1, -0.05) is 13.8 Å². The molecule has 1 aromatic rings. The number of rotatable bonds is 2. The monoisotopic (exact) mass is 236 g/mol. The highest BCUT2D eigenvalue weighted by Crippen LogP contribution is 2.36. The highest BCUT2D eigenvalue weighted by atomic mass is 16.4. The van der Waals surface area contributed by atoms with Crippen LogP contribution in [0.2, 0.25) is 0 Å². The Balaban J connectivity index is 2.55. The molecule has 17 heavy (non-hydrogen) atoms. The maximum atomic E-state index is 11.4. The van der Waals surface area contributed by atoms with Crippen molar-refractivity contribution in [3.8, 4) is 0 Å². The SMILES string of the molecule is CC(C)n1nc2c(c1C(=O)O)CC(C)(C)CC2. The third-order valence-electron chi connectivity index (χ3n) is 3.48. The number of fused-ring (bicyclic) bond motifs is 1. The van der Waals surface area contributed by atoms with Crippen LogP contribution in [0.25, 0.3) is 0 Å². The largest absolute Gasteiger partial charge is 0.477 e. The summed E-state index contributed by atoms with van der Waals surface area (Å²) in [6.45, 7) is 8.31. The van der Waals surface area contributed by atoms with E-state index in [1.54, 1.807) is 4.68 Å². The summed E-state index contributed by atoms with van der Waals surface area (Å²) in [5.74, 6) is -0.856. The van der Waals surface area contributed by atoms with Crippen molar-refractivity contribution in [3.05, 3.63) is 17.0 Å². The maximum absolute atomic E-state index is 11.4. The normalized spacial score (nSPS) is 18.2. The Bertz CT molecular complexity index is 458. The summed E-state index contributed by atoms with van der Waals surface area (Å²) in [6.07, 6.45) is 2.78. The molecule has 94 valence electrons. The number of aryl methyl sites for hydroxylation is 1. The van der Waals surface area contributed by atoms with E-state index in [0.29, 0.717) is 5.69 Å². The molecule has 0 saturated heterocycles. The van der Waals surface area contributed by atoms with Gasteiger partial charge in [0.05, 0.1) is 5.69 Å². The molecule has 4 heteroatoms. The van der Waals surface area contributed by atoms with Gasteiger partial charge in [-0.25, -0.2) is 4.79 Å². The molecule has 0 saturated carbocycles. The van der Waals surface area contributed by atoms with Crippen molar-refractivity contribution in [1.82, 2.24) is 9.78 Å². The predicted molar refractivity (Wildman–Crippen MR) is 65.4 cm³/mol. The van der Waals surface area contributed by atoms with Crippen LogP contribution in [0.5, 0.6) is 0 Å². The Morgan fingerprint density at radius 2 is 2.12 bits per heavy atom. The molecule has 0 aromatic carbocycles. The van der Waals surface area contributed by atoms with Crippen LogP contribution in [0.15, 0.2) is 0 Å². The van der Waals surface area contributed by atoms with Crippen LogP contribution in [0.4, 0.5) is 0 Å². The molecule has 0 radical (unpaired) electrons. The first-order valence-corrected chi connectivity index (χ1v) is 6.15. The van der Waals surface area contributed by atoms with E-state index in [4.69, 9.17) is 0 Å². The molecule has 1 N–H and O–H groups in total. The van der Waals surface area contributed by atoms with Crippen molar-refractivity contribution >= 4 is 5.97 Å². The van der Waals surface area contributed by atoms with Gasteiger partial charge in [-0.05, 0) is 38.5 Å². The number of carbonyl (C=O) groups is 1. The van der Waals surface area contributed by atoms with Gasteiger partial charge in [-0.2, -0.15) is 5.10 Å². The average molecular weight is 236 g/mol. The highest BCUT2D eigenvalue weighted by Gasteiger charge is 2.33. The van der Waals surface area contributed by atoms with Crippen LogP contribution in [0, 0.1) is 5.41 Å². The minimum Gasteiger partial charge on any atom is -0.477 e. The molecule has 0 spiro atoms. The molecule has 0 amide bonds. The first-order chi connectivity index (χ1) is 7.82. The van der Waals surface area contributed by atoms with Gasteiger partial charge in [-0.15, -0.1) is 0 Å². The summed E-state index contributed by atoms with van der Waals surface area (Å²) in [4.78, 5) is 11.4. The first-order valence-electron chi connectivity index (χ1n) is 6.15. The summed E-state index contributed by atoms with van der Waals surface area (Å²) < 4.78 is 1.66. The molecular formula is C13H20N2O2. The van der Waals surface area contributed by atoms with Crippen molar-refractivity contribution in [3.63, 3.8) is 0 Å². The van der Waals surface area contributed by atoms with E-state index < -0.39 is 5.97 Å². The zero-order valence-electron chi connectivity index (χ0n) is 10.9. The second kappa shape index (κ2) is 3.86. The zero-order valence-corrected chi connectivity index (χ0v) is 10.9. The average Bonchev–Trinajstić information content (AvgIpc) is 2.54. The minimum atomic E-state index is -0.856. The summed E-state index contributed by atoms with van der Waals surface area (Å²) in [7, 11) is 0. The maximum Gasteiger partial charge on any atom is 0.354 e. The second-order valence-electron chi connectivity index (χ2n) is 5.96. The van der Waals surface area contributed by atoms with E-state index in [2.05, 4.69) is 18.9 Å². The fourth-order valence-electron chi connectivity index (χ4n) is 2.53. The third-order valence-corrected chi connectivity index (χ3v) is 3.48. The summed E-state index contributed by atoms with van der Waals surface area (Å²) in [5.41, 5.74) is 2.50. The Morgan fingerprint density at radius 1 is 1.47 bits per heavy atom. The number of carboxylic acid groups (broad SMARTS) is 1. The first kappa shape index (κ1) is 12.1. The summed E-state index contributed by atoms with van der Waals surface area (Å²) >= 11 is 0. The summed E-state index contributed by atoms with van der Waals surface area (Å²) in [6, 6.07) is 0.0924. The number of carboxylic acids is 1. The molecule has 0 atom stereocenters. The molecule has 0 bridgehead atoms. The number of aromatic nitrogens is 2. The fraction of sp³-hybridized carbons (Fsp3) is 0.692. The quantitative estimate of drug-likeness (QED) is 0.858. The Kier molecular flexibility index (Phi) is 2.76. The van der Waals surface area contributed by atoms with Crippen molar-refractivity contribution in [2.45, 2.75) is 53.0 Å². The van der Waals surface area contributed by atoms with Crippen LogP contribution >= 0.6 is 0 Å². The van der Waals surface area contributed by atoms with Gasteiger partial charge in [0, 0.05) is 11.6 Å². The smallest absolute Gasteiger partial charge is 0.354 e. The molecule has 4 nitrogen and oxygen atoms in total. The molecular weight excluding hydrogens is 216 g/mol. The van der Waals surface area contributed by atoms with E-state index in [-0.39, 0.29) is 11.5 Å². The molecule has 1 aliphatic carbocycles. The van der Waals surface area contributed by atoms with Crippen LogP contribution in [-0.2, 0) is 12.8 Å². The predicted octanol–water partition coefficient (Wildman–Crippen LogP) is 2.68. The van der Waals surface area contributed by atoms with Crippen molar-refractivity contribution < 1.29 is 9.90 Å². The number of hydrogen-bond acceptors (Lipinski definition) is 2. The van der Waals surface area contributed by atoms with Crippen molar-refractivity contribution in [2.75, 3.05) is 0 Å². The van der Waals surface area contributed by atoms with Gasteiger partial charge in [-0.3, -0.25) is 4.68 Å². The van der Waals surface area contributed by atoms with Gasteiger partial charge in [0.2, 0.25) is 0 Å². The second-order valence-corrected chi connectivity index (χ2v) is 5.96. The highest BCUT2D eigenvalue weighted by molar-refractivity contribution is 5.88. The standard InChI is InChI=1S/C13H20N2O2/c1-8(2)15-11(12(16)17)9-7-13(3,4)6-5-10(9)14-15/h8H,5-7H2,1-4H3,(H,16,17). The van der Waals surface area contributed by atoms with Crippen LogP contribution in [0.1, 0.15) is 61.9 Å². The molecule has 0 fully saturated rings. The summed E-state index contributed by atoms with van der Waals surface area (Å²) in [5, 5.41) is 13.8. The number of hydrogen-bond donors (Lipinski definition) is 1. The molecule has 1 aliphatic rings. The molecule has 1 heterocycles. The lowest BCUT2D eigenvalue weighted by Crippen LogP contribution is -2.23. The van der Waals surface area contributed by atoms with E-state index in [9.17, 15) is 9.90 Å². The fourth-order valence-corrected chi connectivity index (χ4v) is 2.53. The molecule has 0 aliphatic heterocycles. The van der Waals surface area contributed by atoms with Gasteiger partial charge < -0.3 is 5.11 Å². The van der Waals surface area contributed by atoms with E-state index in [1.807, 2.05) is 13.8 Å². The number of nitrogens with zero attached hydrogens (tertiary/aromatic N) is 2. The van der Waals surface area contributed by atoms with Crippen molar-refractivity contribution in [2.24, 2.45) is 5.41 Å². The van der Waals surface area contributed by atoms with Crippen LogP contribution in [0.3, 0.4) is 0 Å². The van der Waals surface area contributed by atoms with Gasteiger partial charge >= 0.3 is 5.97 Å². The third kappa shape index (κ3) is 2.08. The van der Waals surface area contributed by atoms with E-state index >= 15 is 0 Å². The lowest BCUT2D eigenvalue weighted by atomic mass is 9.76. The van der Waals surface area contributed by atoms with Crippen LogP contribution < -0.4 is 0 Å². The molecule has 0 unspecified atom stereocenters. The minimum absolute atomic E-state index is 0.0924. The molecule has 2 rings (SSSR count). The Morgan fingerprint density at radius 3 is 2.65 bits per heavy atom. The van der Waals surface area contributed by atoms with E-state index in [1.165, 1.54) is 0 Å². The Hall–Kier alpha value is -1.32. The van der Waals surface area contributed by atoms with Crippen LogP contribution in [-0.4, -0.2) is 20.9 Å². The number of aromatic carboxylic acids is 1. The lowest BCUT2D eigenvalue weighted by molar-refractivity contribution is 0.0679. The van der Waals surface area contributed by atoms with Crippen molar-refractivity contribution in [1.29, 1.82) is 0 Å². The molecule has 1 aromatic heterocycles. The lowest BCUT2D eigenvalue weighted by Gasteiger charge is -2.28. The van der Waals surface area contributed by atoms with Gasteiger partial charge in [0.15, 0.2) is 0 Å². The van der Waals surface area contributed by atoms with E-state index in [0.717, 1.165) is 30.5 Å². The Labute approximate surface area is 102 Å².